The molecule has 0 spiro atoms. The van der Waals surface area contributed by atoms with Crippen LogP contribution in [-0.2, 0) is 26.9 Å². The zero-order valence-corrected chi connectivity index (χ0v) is 25.2. The molecule has 0 fully saturated rings. The number of thioether (sulfide) groups is 1. The summed E-state index contributed by atoms with van der Waals surface area (Å²) in [7, 11) is 3.41. The van der Waals surface area contributed by atoms with Crippen LogP contribution in [0.1, 0.15) is 29.5 Å². The van der Waals surface area contributed by atoms with Gasteiger partial charge in [0.1, 0.15) is 5.75 Å². The number of benzene rings is 3. The number of likely N-dealkylation sites (N-methyl/N-ethyl adjacent to an activating group) is 1. The van der Waals surface area contributed by atoms with Gasteiger partial charge in [0.2, 0.25) is 0 Å². The monoisotopic (exact) mass is 622 g/mol. The predicted molar refractivity (Wildman–Crippen MR) is 161 cm³/mol. The zero-order valence-electron chi connectivity index (χ0n) is 23.6. The third-order valence-corrected chi connectivity index (χ3v) is 8.07. The molecule has 2 atom stereocenters. The van der Waals surface area contributed by atoms with Gasteiger partial charge in [-0.05, 0) is 61.0 Å². The highest BCUT2D eigenvalue weighted by molar-refractivity contribution is 7.99. The number of carbonyl (C=O) groups is 2. The third kappa shape index (κ3) is 8.20. The summed E-state index contributed by atoms with van der Waals surface area (Å²) in [6, 6.07) is 20.6. The molecule has 11 heteroatoms. The quantitative estimate of drug-likeness (QED) is 0.191. The number of alkyl halides is 3. The highest BCUT2D eigenvalue weighted by Gasteiger charge is 2.44. The van der Waals surface area contributed by atoms with Gasteiger partial charge in [0.25, 0.3) is 5.91 Å². The number of anilines is 1. The second-order valence-corrected chi connectivity index (χ2v) is 11.0. The lowest BCUT2D eigenvalue weighted by Gasteiger charge is -2.29. The van der Waals surface area contributed by atoms with Gasteiger partial charge in [0, 0.05) is 48.8 Å². The Bertz CT molecular complexity index is 1340. The number of ether oxygens (including phenoxy) is 2. The lowest BCUT2D eigenvalue weighted by Crippen LogP contribution is -2.46. The van der Waals surface area contributed by atoms with Gasteiger partial charge >= 0.3 is 12.1 Å². The van der Waals surface area contributed by atoms with Crippen LogP contribution in [0.2, 0.25) is 0 Å². The number of rotatable bonds is 10. The van der Waals surface area contributed by atoms with E-state index in [1.165, 1.54) is 31.1 Å². The maximum Gasteiger partial charge on any atom is 0.416 e. The van der Waals surface area contributed by atoms with Crippen LogP contribution in [0, 0.1) is 0 Å². The molecule has 0 aromatic heterocycles. The minimum atomic E-state index is -4.63. The SMILES string of the molecule is COc1ccc([C@@H]2Cc3c(cccc3C(F)(F)F)N(CCN(C)CCSc3ccccc3)C(=O)[C@@H]2OC(C)=O)cc1.Cl. The second-order valence-electron chi connectivity index (χ2n) is 9.87. The van der Waals surface area contributed by atoms with Crippen LogP contribution in [0.3, 0.4) is 0 Å². The molecule has 0 saturated carbocycles. The summed E-state index contributed by atoms with van der Waals surface area (Å²) < 4.78 is 53.5. The van der Waals surface area contributed by atoms with E-state index in [4.69, 9.17) is 9.47 Å². The molecule has 1 amide bonds. The Morgan fingerprint density at radius 2 is 1.71 bits per heavy atom. The van der Waals surface area contributed by atoms with Crippen LogP contribution in [0.4, 0.5) is 18.9 Å². The molecule has 3 aromatic rings. The number of esters is 1. The minimum absolute atomic E-state index is 0. The molecule has 0 aliphatic carbocycles. The Morgan fingerprint density at radius 3 is 2.33 bits per heavy atom. The van der Waals surface area contributed by atoms with Crippen molar-refractivity contribution in [3.63, 3.8) is 0 Å². The molecule has 0 saturated heterocycles. The molecule has 0 N–H and O–H groups in total. The lowest BCUT2D eigenvalue weighted by molar-refractivity contribution is -0.154. The van der Waals surface area contributed by atoms with Gasteiger partial charge < -0.3 is 19.3 Å². The maximum atomic E-state index is 14.2. The summed E-state index contributed by atoms with van der Waals surface area (Å²) in [5, 5.41) is 0. The Morgan fingerprint density at radius 1 is 1.02 bits per heavy atom. The van der Waals surface area contributed by atoms with Gasteiger partial charge in [-0.25, -0.2) is 0 Å². The van der Waals surface area contributed by atoms with Crippen molar-refractivity contribution in [3.05, 3.63) is 89.5 Å². The first-order valence-corrected chi connectivity index (χ1v) is 14.2. The van der Waals surface area contributed by atoms with Crippen LogP contribution in [-0.4, -0.2) is 62.4 Å². The Hall–Kier alpha value is -3.21. The van der Waals surface area contributed by atoms with Crippen LogP contribution in [0.25, 0.3) is 0 Å². The van der Waals surface area contributed by atoms with Gasteiger partial charge in [-0.3, -0.25) is 9.59 Å². The summed E-state index contributed by atoms with van der Waals surface area (Å²) in [5.74, 6) is -0.697. The van der Waals surface area contributed by atoms with E-state index in [0.717, 1.165) is 16.7 Å². The van der Waals surface area contributed by atoms with E-state index < -0.39 is 35.6 Å². The number of hydrogen-bond donors (Lipinski definition) is 0. The number of halogens is 4. The fourth-order valence-corrected chi connectivity index (χ4v) is 5.97. The van der Waals surface area contributed by atoms with E-state index in [1.54, 1.807) is 36.0 Å². The summed E-state index contributed by atoms with van der Waals surface area (Å²) in [5.41, 5.74) is -0.0382. The second kappa shape index (κ2) is 14.8. The van der Waals surface area contributed by atoms with Crippen LogP contribution in [0.5, 0.6) is 5.75 Å². The van der Waals surface area contributed by atoms with Crippen molar-refractivity contribution in [1.82, 2.24) is 4.90 Å². The molecule has 4 rings (SSSR count). The van der Waals surface area contributed by atoms with Gasteiger partial charge in [-0.2, -0.15) is 13.2 Å². The number of carbonyl (C=O) groups excluding carboxylic acids is 2. The van der Waals surface area contributed by atoms with Gasteiger partial charge in [0.05, 0.1) is 12.7 Å². The minimum Gasteiger partial charge on any atom is -0.497 e. The number of amides is 1. The van der Waals surface area contributed by atoms with Gasteiger partial charge in [0.15, 0.2) is 6.10 Å². The van der Waals surface area contributed by atoms with E-state index in [9.17, 15) is 22.8 Å². The van der Waals surface area contributed by atoms with Crippen LogP contribution in [0.15, 0.2) is 77.7 Å². The van der Waals surface area contributed by atoms with E-state index >= 15 is 0 Å². The molecule has 0 bridgehead atoms. The molecule has 0 unspecified atom stereocenters. The summed E-state index contributed by atoms with van der Waals surface area (Å²) in [4.78, 5) is 30.7. The highest BCUT2D eigenvalue weighted by atomic mass is 35.5. The number of methoxy groups -OCH3 is 1. The molecule has 1 aliphatic heterocycles. The van der Waals surface area contributed by atoms with Crippen molar-refractivity contribution in [2.45, 2.75) is 36.4 Å². The fraction of sp³-hybridized carbons (Fsp3) is 0.355. The van der Waals surface area contributed by atoms with Crippen molar-refractivity contribution >= 4 is 41.7 Å². The Balaban J connectivity index is 0.00000484. The van der Waals surface area contributed by atoms with E-state index in [-0.39, 0.29) is 36.6 Å². The van der Waals surface area contributed by atoms with Gasteiger partial charge in [-0.1, -0.05) is 36.4 Å². The van der Waals surface area contributed by atoms with Crippen LogP contribution < -0.4 is 9.64 Å². The molecule has 1 aliphatic rings. The number of hydrogen-bond acceptors (Lipinski definition) is 6. The summed E-state index contributed by atoms with van der Waals surface area (Å²) in [6.07, 6.45) is -6.06. The highest BCUT2D eigenvalue weighted by Crippen LogP contribution is 2.43. The molecule has 0 radical (unpaired) electrons. The first kappa shape index (κ1) is 33.3. The molecule has 1 heterocycles. The van der Waals surface area contributed by atoms with Crippen molar-refractivity contribution in [2.75, 3.05) is 44.4 Å². The first-order valence-electron chi connectivity index (χ1n) is 13.3. The van der Waals surface area contributed by atoms with Crippen molar-refractivity contribution in [1.29, 1.82) is 0 Å². The fourth-order valence-electron chi connectivity index (χ4n) is 4.98. The van der Waals surface area contributed by atoms with E-state index in [2.05, 4.69) is 0 Å². The maximum absolute atomic E-state index is 14.2. The van der Waals surface area contributed by atoms with E-state index in [0.29, 0.717) is 24.4 Å². The van der Waals surface area contributed by atoms with Gasteiger partial charge in [-0.15, -0.1) is 24.2 Å². The Kier molecular flexibility index (Phi) is 11.7. The topological polar surface area (TPSA) is 59.1 Å². The summed E-state index contributed by atoms with van der Waals surface area (Å²) >= 11 is 1.70. The average molecular weight is 623 g/mol. The molecular weight excluding hydrogens is 589 g/mol. The standard InChI is InChI=1S/C31H33F3N2O4S.ClH/c1-21(37)40-29-25(22-12-14-23(39-3)15-13-22)20-26-27(31(32,33)34)10-7-11-28(26)36(30(29)38)17-16-35(2)18-19-41-24-8-5-4-6-9-24;/h4-15,25,29H,16-20H2,1-3H3;1H/t25-,29+;/m0./s1. The number of nitrogens with zero attached hydrogens (tertiary/aromatic N) is 2. The zero-order chi connectivity index (χ0) is 29.6. The number of fused-ring (bicyclic) bond motifs is 1. The molecule has 42 heavy (non-hydrogen) atoms. The van der Waals surface area contributed by atoms with Crippen molar-refractivity contribution in [2.24, 2.45) is 0 Å². The average Bonchev–Trinajstić information content (AvgIpc) is 3.06. The van der Waals surface area contributed by atoms with E-state index in [1.807, 2.05) is 42.3 Å². The molecular formula is C31H34ClF3N2O4S. The molecule has 3 aromatic carbocycles. The smallest absolute Gasteiger partial charge is 0.416 e. The molecule has 226 valence electrons. The first-order chi connectivity index (χ1) is 19.6. The van der Waals surface area contributed by atoms with Crippen molar-refractivity contribution < 1.29 is 32.2 Å². The predicted octanol–water partition coefficient (Wildman–Crippen LogP) is 6.46. The third-order valence-electron chi connectivity index (χ3n) is 7.07. The lowest BCUT2D eigenvalue weighted by atomic mass is 9.86. The largest absolute Gasteiger partial charge is 0.497 e. The normalized spacial score (nSPS) is 16.8. The molecule has 6 nitrogen and oxygen atoms in total. The summed E-state index contributed by atoms with van der Waals surface area (Å²) in [6.45, 7) is 2.45. The Labute approximate surface area is 254 Å². The van der Waals surface area contributed by atoms with Crippen LogP contribution >= 0.6 is 24.2 Å². The van der Waals surface area contributed by atoms with Crippen molar-refractivity contribution in [3.8, 4) is 5.75 Å².